The Bertz CT molecular complexity index is 292. The van der Waals surface area contributed by atoms with Crippen LogP contribution < -0.4 is 0 Å². The molecule has 2 heteroatoms. The van der Waals surface area contributed by atoms with Gasteiger partial charge in [0.2, 0.25) is 0 Å². The average molecular weight is 211 g/mol. The first-order valence-electron chi connectivity index (χ1n) is 3.15. The maximum absolute atomic E-state index is 10.5. The third-order valence-corrected chi connectivity index (χ3v) is 2.12. The van der Waals surface area contributed by atoms with E-state index in [0.717, 1.165) is 16.3 Å². The minimum Gasteiger partial charge on any atom is -0.298 e. The normalized spacial score (nSPS) is 9.18. The van der Waals surface area contributed by atoms with Gasteiger partial charge >= 0.3 is 0 Å². The molecule has 56 valence electrons. The molecule has 1 aromatic rings. The van der Waals surface area contributed by atoms with Crippen LogP contribution in [-0.2, 0) is 0 Å². The number of carbonyl (C=O) groups excluding carboxylic acids is 1. The molecular weight excluding hydrogens is 204 g/mol. The largest absolute Gasteiger partial charge is 0.298 e. The topological polar surface area (TPSA) is 17.1 Å². The van der Waals surface area contributed by atoms with E-state index in [1.54, 1.807) is 6.08 Å². The van der Waals surface area contributed by atoms with Gasteiger partial charge in [-0.1, -0.05) is 40.7 Å². The summed E-state index contributed by atoms with van der Waals surface area (Å²) in [6, 6.07) is 5.55. The lowest BCUT2D eigenvalue weighted by atomic mass is 10.1. The molecule has 0 unspecified atom stereocenters. The summed E-state index contributed by atoms with van der Waals surface area (Å²) < 4.78 is 0.810. The molecule has 0 fully saturated rings. The fraction of sp³-hybridized carbons (Fsp3) is 0. The van der Waals surface area contributed by atoms with E-state index < -0.39 is 0 Å². The summed E-state index contributed by atoms with van der Waals surface area (Å²) in [4.78, 5) is 10.5. The lowest BCUT2D eigenvalue weighted by Crippen LogP contribution is -1.86. The first-order valence-corrected chi connectivity index (χ1v) is 3.95. The summed E-state index contributed by atoms with van der Waals surface area (Å²) in [6.07, 6.45) is 2.48. The number of hydrogen-bond donors (Lipinski definition) is 0. The van der Waals surface area contributed by atoms with E-state index in [1.807, 2.05) is 18.2 Å². The molecule has 0 aliphatic carbocycles. The van der Waals surface area contributed by atoms with Crippen molar-refractivity contribution in [2.45, 2.75) is 0 Å². The fourth-order valence-corrected chi connectivity index (χ4v) is 1.33. The van der Waals surface area contributed by atoms with E-state index in [1.165, 1.54) is 0 Å². The van der Waals surface area contributed by atoms with Gasteiger partial charge in [-0.15, -0.1) is 0 Å². The number of carbonyl (C=O) groups is 1. The third-order valence-electron chi connectivity index (χ3n) is 1.42. The highest BCUT2D eigenvalue weighted by Gasteiger charge is 2.00. The zero-order valence-corrected chi connectivity index (χ0v) is 7.47. The highest BCUT2D eigenvalue weighted by Crippen LogP contribution is 2.19. The molecule has 0 spiro atoms. The van der Waals surface area contributed by atoms with Gasteiger partial charge < -0.3 is 0 Å². The van der Waals surface area contributed by atoms with Crippen molar-refractivity contribution >= 4 is 28.3 Å². The van der Waals surface area contributed by atoms with E-state index in [2.05, 4.69) is 22.5 Å². The van der Waals surface area contributed by atoms with E-state index in [0.29, 0.717) is 5.56 Å². The lowest BCUT2D eigenvalue weighted by molar-refractivity contribution is 0.112. The van der Waals surface area contributed by atoms with Gasteiger partial charge in [-0.2, -0.15) is 0 Å². The Morgan fingerprint density at radius 3 is 2.64 bits per heavy atom. The van der Waals surface area contributed by atoms with Crippen LogP contribution in [0, 0.1) is 0 Å². The molecule has 0 aliphatic rings. The van der Waals surface area contributed by atoms with Crippen LogP contribution in [0.5, 0.6) is 0 Å². The monoisotopic (exact) mass is 210 g/mol. The van der Waals surface area contributed by atoms with Crippen LogP contribution in [0.2, 0.25) is 0 Å². The van der Waals surface area contributed by atoms with Gasteiger partial charge in [0.1, 0.15) is 0 Å². The standard InChI is InChI=1S/C9H7BrO/c1-2-7-4-3-5-9(10)8(7)6-11/h2-6H,1H2. The summed E-state index contributed by atoms with van der Waals surface area (Å²) in [5.74, 6) is 0. The van der Waals surface area contributed by atoms with Crippen LogP contribution in [-0.4, -0.2) is 6.29 Å². The molecule has 0 aromatic heterocycles. The Hall–Kier alpha value is -0.890. The van der Waals surface area contributed by atoms with Crippen LogP contribution in [0.15, 0.2) is 29.3 Å². The predicted molar refractivity (Wildman–Crippen MR) is 49.6 cm³/mol. The first-order chi connectivity index (χ1) is 5.29. The molecule has 1 nitrogen and oxygen atoms in total. The fourth-order valence-electron chi connectivity index (χ4n) is 0.856. The molecule has 0 bridgehead atoms. The minimum absolute atomic E-state index is 0.655. The quantitative estimate of drug-likeness (QED) is 0.687. The molecule has 1 rings (SSSR count). The van der Waals surface area contributed by atoms with Crippen LogP contribution in [0.1, 0.15) is 15.9 Å². The summed E-state index contributed by atoms with van der Waals surface area (Å²) in [7, 11) is 0. The minimum atomic E-state index is 0.655. The highest BCUT2D eigenvalue weighted by atomic mass is 79.9. The SMILES string of the molecule is C=Cc1cccc(Br)c1C=O. The molecule has 1 aromatic carbocycles. The van der Waals surface area contributed by atoms with Crippen LogP contribution in [0.25, 0.3) is 6.08 Å². The van der Waals surface area contributed by atoms with Crippen LogP contribution in [0.3, 0.4) is 0 Å². The Morgan fingerprint density at radius 1 is 1.45 bits per heavy atom. The molecule has 0 atom stereocenters. The number of hydrogen-bond acceptors (Lipinski definition) is 1. The second-order valence-electron chi connectivity index (χ2n) is 2.06. The van der Waals surface area contributed by atoms with Gasteiger partial charge in [0.15, 0.2) is 6.29 Å². The van der Waals surface area contributed by atoms with Gasteiger partial charge in [-0.05, 0) is 11.6 Å². The Kier molecular flexibility index (Phi) is 2.60. The highest BCUT2D eigenvalue weighted by molar-refractivity contribution is 9.10. The van der Waals surface area contributed by atoms with Crippen molar-refractivity contribution in [3.63, 3.8) is 0 Å². The molecule has 11 heavy (non-hydrogen) atoms. The molecule has 0 amide bonds. The predicted octanol–water partition coefficient (Wildman–Crippen LogP) is 2.90. The molecular formula is C9H7BrO. The second-order valence-corrected chi connectivity index (χ2v) is 2.92. The number of benzene rings is 1. The van der Waals surface area contributed by atoms with E-state index in [9.17, 15) is 4.79 Å². The molecule has 0 radical (unpaired) electrons. The molecule has 0 aliphatic heterocycles. The van der Waals surface area contributed by atoms with Gasteiger partial charge in [-0.25, -0.2) is 0 Å². The van der Waals surface area contributed by atoms with Crippen molar-refractivity contribution in [1.29, 1.82) is 0 Å². The zero-order chi connectivity index (χ0) is 8.27. The van der Waals surface area contributed by atoms with E-state index >= 15 is 0 Å². The van der Waals surface area contributed by atoms with Crippen LogP contribution in [0.4, 0.5) is 0 Å². The van der Waals surface area contributed by atoms with Crippen molar-refractivity contribution in [2.24, 2.45) is 0 Å². The Morgan fingerprint density at radius 2 is 2.18 bits per heavy atom. The summed E-state index contributed by atoms with van der Waals surface area (Å²) in [6.45, 7) is 3.60. The molecule has 0 N–H and O–H groups in total. The second kappa shape index (κ2) is 3.49. The first kappa shape index (κ1) is 8.21. The van der Waals surface area contributed by atoms with E-state index in [4.69, 9.17) is 0 Å². The average Bonchev–Trinajstić information content (AvgIpc) is 2.04. The molecule has 0 heterocycles. The Labute approximate surface area is 73.9 Å². The van der Waals surface area contributed by atoms with Crippen LogP contribution >= 0.6 is 15.9 Å². The van der Waals surface area contributed by atoms with Gasteiger partial charge in [0.25, 0.3) is 0 Å². The lowest BCUT2D eigenvalue weighted by Gasteiger charge is -1.99. The maximum Gasteiger partial charge on any atom is 0.151 e. The van der Waals surface area contributed by atoms with Gasteiger partial charge in [0, 0.05) is 10.0 Å². The maximum atomic E-state index is 10.5. The smallest absolute Gasteiger partial charge is 0.151 e. The van der Waals surface area contributed by atoms with Crippen molar-refractivity contribution in [3.8, 4) is 0 Å². The summed E-state index contributed by atoms with van der Waals surface area (Å²) >= 11 is 3.27. The molecule has 0 saturated carbocycles. The van der Waals surface area contributed by atoms with Gasteiger partial charge in [0.05, 0.1) is 0 Å². The third kappa shape index (κ3) is 1.57. The number of rotatable bonds is 2. The number of aldehydes is 1. The summed E-state index contributed by atoms with van der Waals surface area (Å²) in [5, 5.41) is 0. The van der Waals surface area contributed by atoms with E-state index in [-0.39, 0.29) is 0 Å². The summed E-state index contributed by atoms with van der Waals surface area (Å²) in [5.41, 5.74) is 1.51. The Balaban J connectivity index is 3.35. The zero-order valence-electron chi connectivity index (χ0n) is 5.88. The van der Waals surface area contributed by atoms with Crippen molar-refractivity contribution in [2.75, 3.05) is 0 Å². The van der Waals surface area contributed by atoms with Gasteiger partial charge in [-0.3, -0.25) is 4.79 Å². The van der Waals surface area contributed by atoms with Crippen molar-refractivity contribution < 1.29 is 4.79 Å². The number of halogens is 1. The van der Waals surface area contributed by atoms with Crippen molar-refractivity contribution in [3.05, 3.63) is 40.4 Å². The van der Waals surface area contributed by atoms with Crippen molar-refractivity contribution in [1.82, 2.24) is 0 Å². The molecule has 0 saturated heterocycles.